The molecule has 9 heteroatoms. The van der Waals surface area contributed by atoms with Crippen molar-refractivity contribution in [3.63, 3.8) is 0 Å². The fraction of sp³-hybridized carbons (Fsp3) is 0.200. The lowest BCUT2D eigenvalue weighted by atomic mass is 10.3. The summed E-state index contributed by atoms with van der Waals surface area (Å²) in [7, 11) is 0. The highest BCUT2D eigenvalue weighted by molar-refractivity contribution is 7.15. The lowest BCUT2D eigenvalue weighted by Crippen LogP contribution is -2.32. The first kappa shape index (κ1) is 16.4. The maximum Gasteiger partial charge on any atom is 0.383 e. The van der Waals surface area contributed by atoms with Crippen LogP contribution in [0.1, 0.15) is 22.3 Å². The highest BCUT2D eigenvalue weighted by Crippen LogP contribution is 2.23. The topological polar surface area (TPSA) is 88.4 Å². The Morgan fingerprint density at radius 1 is 1.46 bits per heavy atom. The van der Waals surface area contributed by atoms with E-state index in [1.807, 2.05) is 0 Å². The van der Waals surface area contributed by atoms with Crippen molar-refractivity contribution in [3.8, 4) is 5.88 Å². The van der Waals surface area contributed by atoms with Crippen molar-refractivity contribution < 1.29 is 23.8 Å². The number of Topliss-reactive ketones (excluding diaryl/α,β-unsaturated/α-hetero) is 1. The van der Waals surface area contributed by atoms with Gasteiger partial charge in [0.05, 0.1) is 17.7 Å². The first-order valence-corrected chi connectivity index (χ1v) is 8.24. The van der Waals surface area contributed by atoms with E-state index < -0.39 is 17.6 Å². The molecule has 3 aromatic heterocycles. The van der Waals surface area contributed by atoms with Gasteiger partial charge in [0.1, 0.15) is 12.4 Å². The number of hydrogen-bond acceptors (Lipinski definition) is 6. The van der Waals surface area contributed by atoms with Gasteiger partial charge >= 0.3 is 11.8 Å². The molecule has 0 fully saturated rings. The Hall–Kier alpha value is -2.45. The fourth-order valence-corrected chi connectivity index (χ4v) is 3.31. The van der Waals surface area contributed by atoms with Crippen molar-refractivity contribution in [2.75, 3.05) is 6.61 Å². The van der Waals surface area contributed by atoms with Crippen molar-refractivity contribution in [2.24, 2.45) is 0 Å². The van der Waals surface area contributed by atoms with Gasteiger partial charge in [0.2, 0.25) is 5.69 Å². The molecule has 124 valence electrons. The summed E-state index contributed by atoms with van der Waals surface area (Å²) in [5.74, 6) is -2.58. The maximum absolute atomic E-state index is 12.7. The lowest BCUT2D eigenvalue weighted by molar-refractivity contribution is -0.516. The van der Waals surface area contributed by atoms with Crippen LogP contribution in [0.4, 0.5) is 0 Å². The average Bonchev–Trinajstić information content (AvgIpc) is 3.09. The molecule has 0 saturated heterocycles. The summed E-state index contributed by atoms with van der Waals surface area (Å²) in [6.07, 6.45) is 3.12. The third kappa shape index (κ3) is 2.85. The number of nitrogens with zero attached hydrogens (tertiary/aromatic N) is 3. The number of ether oxygens (including phenoxy) is 1. The second kappa shape index (κ2) is 6.58. The average molecular weight is 366 g/mol. The minimum Gasteiger partial charge on any atom is -0.839 e. The SMILES string of the molecule is CCOC(=O)C(=O)c1c([O-])n(Cc2cnc(Cl)s2)c2cccc[n+]12. The van der Waals surface area contributed by atoms with Gasteiger partial charge < -0.3 is 9.84 Å². The standard InChI is InChI=1S/C15H12ClN3O4S/c1-2-23-14(22)12(20)11-13(21)19(8-9-7-17-15(16)24-9)10-5-3-4-6-18(10)11/h3-7H,2,8H2,1H3. The van der Waals surface area contributed by atoms with Crippen LogP contribution in [-0.4, -0.2) is 27.9 Å². The first-order valence-electron chi connectivity index (χ1n) is 7.04. The van der Waals surface area contributed by atoms with E-state index >= 15 is 0 Å². The van der Waals surface area contributed by atoms with Gasteiger partial charge in [0.25, 0.3) is 5.65 Å². The summed E-state index contributed by atoms with van der Waals surface area (Å²) in [6, 6.07) is 5.10. The van der Waals surface area contributed by atoms with Gasteiger partial charge in [-0.15, -0.1) is 11.3 Å². The number of aromatic nitrogens is 3. The van der Waals surface area contributed by atoms with Crippen LogP contribution in [0.5, 0.6) is 5.88 Å². The molecule has 0 bridgehead atoms. The molecule has 3 rings (SSSR count). The first-order chi connectivity index (χ1) is 11.5. The van der Waals surface area contributed by atoms with Crippen LogP contribution in [-0.2, 0) is 16.1 Å². The van der Waals surface area contributed by atoms with E-state index in [4.69, 9.17) is 16.3 Å². The number of hydrogen-bond donors (Lipinski definition) is 0. The fourth-order valence-electron chi connectivity index (χ4n) is 2.34. The number of carbonyl (C=O) groups is 2. The summed E-state index contributed by atoms with van der Waals surface area (Å²) in [6.45, 7) is 1.85. The highest BCUT2D eigenvalue weighted by Gasteiger charge is 2.30. The summed E-state index contributed by atoms with van der Waals surface area (Å²) < 4.78 is 7.87. The number of ketones is 1. The Morgan fingerprint density at radius 2 is 2.25 bits per heavy atom. The number of pyridine rings is 1. The lowest BCUT2D eigenvalue weighted by Gasteiger charge is -2.05. The Morgan fingerprint density at radius 3 is 2.92 bits per heavy atom. The van der Waals surface area contributed by atoms with Crippen molar-refractivity contribution in [2.45, 2.75) is 13.5 Å². The van der Waals surface area contributed by atoms with Gasteiger partial charge in [-0.05, 0) is 13.0 Å². The molecule has 3 aromatic rings. The van der Waals surface area contributed by atoms with Gasteiger partial charge in [0.15, 0.2) is 4.47 Å². The van der Waals surface area contributed by atoms with E-state index in [2.05, 4.69) is 4.98 Å². The summed E-state index contributed by atoms with van der Waals surface area (Å²) in [5, 5.41) is 12.7. The molecule has 7 nitrogen and oxygen atoms in total. The second-order valence-electron chi connectivity index (χ2n) is 4.80. The Kier molecular flexibility index (Phi) is 4.50. The van der Waals surface area contributed by atoms with Crippen LogP contribution in [0.15, 0.2) is 30.6 Å². The van der Waals surface area contributed by atoms with E-state index in [-0.39, 0.29) is 18.8 Å². The van der Waals surface area contributed by atoms with Crippen LogP contribution in [0, 0.1) is 0 Å². The zero-order valence-corrected chi connectivity index (χ0v) is 14.1. The van der Waals surface area contributed by atoms with Crippen molar-refractivity contribution in [3.05, 3.63) is 45.6 Å². The molecule has 0 N–H and O–H groups in total. The molecule has 0 aliphatic rings. The van der Waals surface area contributed by atoms with Crippen molar-refractivity contribution in [1.82, 2.24) is 9.55 Å². The predicted molar refractivity (Wildman–Crippen MR) is 84.2 cm³/mol. The third-order valence-electron chi connectivity index (χ3n) is 3.32. The van der Waals surface area contributed by atoms with E-state index in [0.717, 1.165) is 4.88 Å². The van der Waals surface area contributed by atoms with Crippen LogP contribution < -0.4 is 9.51 Å². The monoisotopic (exact) mass is 365 g/mol. The molecule has 0 saturated carbocycles. The zero-order chi connectivity index (χ0) is 17.3. The van der Waals surface area contributed by atoms with Crippen molar-refractivity contribution in [1.29, 1.82) is 0 Å². The summed E-state index contributed by atoms with van der Waals surface area (Å²) >= 11 is 7.06. The van der Waals surface area contributed by atoms with E-state index in [0.29, 0.717) is 10.1 Å². The molecule has 0 aliphatic carbocycles. The molecular weight excluding hydrogens is 354 g/mol. The number of imidazole rings is 1. The summed E-state index contributed by atoms with van der Waals surface area (Å²) in [5.41, 5.74) is 0.235. The molecule has 0 spiro atoms. The number of fused-ring (bicyclic) bond motifs is 1. The Bertz CT molecular complexity index is 934. The van der Waals surface area contributed by atoms with Gasteiger partial charge in [0, 0.05) is 12.3 Å². The van der Waals surface area contributed by atoms with Gasteiger partial charge in [-0.2, -0.15) is 4.40 Å². The number of thiazole rings is 1. The quantitative estimate of drug-likeness (QED) is 0.293. The smallest absolute Gasteiger partial charge is 0.383 e. The van der Waals surface area contributed by atoms with E-state index in [9.17, 15) is 14.7 Å². The minimum absolute atomic E-state index is 0.0570. The highest BCUT2D eigenvalue weighted by atomic mass is 35.5. The maximum atomic E-state index is 12.7. The Labute approximate surface area is 145 Å². The predicted octanol–water partition coefficient (Wildman–Crippen LogP) is 1.20. The summed E-state index contributed by atoms with van der Waals surface area (Å²) in [4.78, 5) is 28.7. The number of halogens is 1. The normalized spacial score (nSPS) is 10.9. The number of esters is 1. The molecule has 0 amide bonds. The molecule has 0 aromatic carbocycles. The molecule has 0 radical (unpaired) electrons. The minimum atomic E-state index is -1.05. The number of rotatable bonds is 5. The van der Waals surface area contributed by atoms with E-state index in [1.165, 1.54) is 20.3 Å². The third-order valence-corrected chi connectivity index (χ3v) is 4.42. The molecule has 24 heavy (non-hydrogen) atoms. The largest absolute Gasteiger partial charge is 0.839 e. The van der Waals surface area contributed by atoms with Crippen LogP contribution in [0.25, 0.3) is 5.65 Å². The van der Waals surface area contributed by atoms with Gasteiger partial charge in [-0.1, -0.05) is 17.7 Å². The Balaban J connectivity index is 2.12. The molecule has 0 atom stereocenters. The van der Waals surface area contributed by atoms with Crippen molar-refractivity contribution >= 4 is 40.3 Å². The molecule has 0 unspecified atom stereocenters. The van der Waals surface area contributed by atoms with E-state index in [1.54, 1.807) is 37.5 Å². The zero-order valence-electron chi connectivity index (χ0n) is 12.6. The second-order valence-corrected chi connectivity index (χ2v) is 6.50. The molecule has 0 aliphatic heterocycles. The molecule has 3 heterocycles. The van der Waals surface area contributed by atoms with Gasteiger partial charge in [-0.3, -0.25) is 4.79 Å². The molecular formula is C15H12ClN3O4S. The number of carbonyl (C=O) groups excluding carboxylic acids is 2. The van der Waals surface area contributed by atoms with Crippen LogP contribution >= 0.6 is 22.9 Å². The van der Waals surface area contributed by atoms with Gasteiger partial charge in [-0.25, -0.2) is 14.3 Å². The van der Waals surface area contributed by atoms with Crippen LogP contribution in [0.3, 0.4) is 0 Å². The van der Waals surface area contributed by atoms with Crippen LogP contribution in [0.2, 0.25) is 4.47 Å².